The SMILES string of the molecule is CC(C)(C)C[C@]12COC(C1OP(O)(=S)OC(C)(C)S)[C@H](n1cnc3c(=O)[nH]c(N)nc31)O2. The molecule has 0 aliphatic carbocycles. The number of aromatic amines is 1. The van der Waals surface area contributed by atoms with Crippen molar-refractivity contribution in [2.24, 2.45) is 5.41 Å². The van der Waals surface area contributed by atoms with Gasteiger partial charge >= 0.3 is 6.72 Å². The first-order chi connectivity index (χ1) is 14.6. The summed E-state index contributed by atoms with van der Waals surface area (Å²) in [4.78, 5) is 32.8. The van der Waals surface area contributed by atoms with Crippen molar-refractivity contribution in [3.8, 4) is 0 Å². The number of nitrogens with zero attached hydrogens (tertiary/aromatic N) is 3. The number of aromatic nitrogens is 4. The van der Waals surface area contributed by atoms with Gasteiger partial charge in [-0.2, -0.15) is 4.98 Å². The van der Waals surface area contributed by atoms with Gasteiger partial charge < -0.3 is 20.1 Å². The lowest BCUT2D eigenvalue weighted by molar-refractivity contribution is -0.182. The van der Waals surface area contributed by atoms with Crippen LogP contribution >= 0.6 is 19.3 Å². The fraction of sp³-hybridized carbons (Fsp3) is 0.722. The van der Waals surface area contributed by atoms with E-state index in [1.54, 1.807) is 18.4 Å². The third-order valence-corrected chi connectivity index (χ3v) is 7.01. The number of fused-ring (bicyclic) bond motifs is 3. The quantitative estimate of drug-likeness (QED) is 0.261. The minimum atomic E-state index is -3.69. The van der Waals surface area contributed by atoms with Crippen molar-refractivity contribution >= 4 is 48.3 Å². The number of imidazole rings is 1. The van der Waals surface area contributed by atoms with Crippen LogP contribution in [0.2, 0.25) is 0 Å². The van der Waals surface area contributed by atoms with Crippen LogP contribution in [-0.2, 0) is 30.3 Å². The van der Waals surface area contributed by atoms with E-state index in [9.17, 15) is 9.69 Å². The summed E-state index contributed by atoms with van der Waals surface area (Å²) in [5.41, 5.74) is 4.59. The summed E-state index contributed by atoms with van der Waals surface area (Å²) in [5, 5.41) is 0. The Hall–Kier alpha value is -1.05. The number of rotatable bonds is 6. The van der Waals surface area contributed by atoms with Crippen LogP contribution in [0.5, 0.6) is 0 Å². The highest BCUT2D eigenvalue weighted by molar-refractivity contribution is 8.07. The van der Waals surface area contributed by atoms with Crippen LogP contribution in [0.1, 0.15) is 47.3 Å². The molecule has 2 fully saturated rings. The second-order valence-corrected chi connectivity index (χ2v) is 13.7. The average molecular weight is 506 g/mol. The molecule has 32 heavy (non-hydrogen) atoms. The zero-order valence-corrected chi connectivity index (χ0v) is 21.0. The zero-order valence-electron chi connectivity index (χ0n) is 18.4. The number of nitrogens with two attached hydrogens (primary N) is 1. The minimum absolute atomic E-state index is 0.0409. The molecule has 4 heterocycles. The minimum Gasteiger partial charge on any atom is -0.369 e. The number of thiol groups is 1. The number of H-pyrrole nitrogens is 1. The maximum Gasteiger partial charge on any atom is 0.326 e. The molecule has 14 heteroatoms. The summed E-state index contributed by atoms with van der Waals surface area (Å²) in [5.74, 6) is -0.0409. The molecule has 4 N–H and O–H groups in total. The first kappa shape index (κ1) is 24.1. The molecule has 2 aliphatic rings. The van der Waals surface area contributed by atoms with Crippen molar-refractivity contribution in [3.63, 3.8) is 0 Å². The second kappa shape index (κ2) is 7.74. The second-order valence-electron chi connectivity index (χ2n) is 9.89. The smallest absolute Gasteiger partial charge is 0.326 e. The Morgan fingerprint density at radius 1 is 1.47 bits per heavy atom. The van der Waals surface area contributed by atoms with Crippen molar-refractivity contribution < 1.29 is 23.4 Å². The van der Waals surface area contributed by atoms with E-state index in [-0.39, 0.29) is 29.1 Å². The molecular weight excluding hydrogens is 477 g/mol. The molecule has 178 valence electrons. The molecular formula is C18H28N5O6PS2. The predicted molar refractivity (Wildman–Crippen MR) is 125 cm³/mol. The van der Waals surface area contributed by atoms with Crippen LogP contribution in [0.3, 0.4) is 0 Å². The maximum atomic E-state index is 12.2. The van der Waals surface area contributed by atoms with E-state index in [1.165, 1.54) is 6.33 Å². The van der Waals surface area contributed by atoms with E-state index in [1.807, 2.05) is 0 Å². The lowest BCUT2D eigenvalue weighted by atomic mass is 9.80. The Labute approximate surface area is 195 Å². The first-order valence-electron chi connectivity index (χ1n) is 10.1. The van der Waals surface area contributed by atoms with E-state index in [0.717, 1.165) is 0 Å². The molecule has 0 radical (unpaired) electrons. The fourth-order valence-electron chi connectivity index (χ4n) is 4.39. The van der Waals surface area contributed by atoms with Gasteiger partial charge in [-0.1, -0.05) is 20.8 Å². The van der Waals surface area contributed by atoms with Gasteiger partial charge in [-0.05, 0) is 37.5 Å². The van der Waals surface area contributed by atoms with Crippen molar-refractivity contribution in [2.45, 2.75) is 70.0 Å². The zero-order chi connectivity index (χ0) is 23.7. The number of anilines is 1. The molecule has 3 unspecified atom stereocenters. The van der Waals surface area contributed by atoms with Crippen molar-refractivity contribution in [2.75, 3.05) is 12.3 Å². The van der Waals surface area contributed by atoms with Crippen LogP contribution in [0.4, 0.5) is 5.95 Å². The number of nitrogens with one attached hydrogen (secondary N) is 1. The number of hydrogen-bond acceptors (Lipinski definition) is 10. The van der Waals surface area contributed by atoms with Gasteiger partial charge in [0.1, 0.15) is 22.7 Å². The number of ether oxygens (including phenoxy) is 2. The van der Waals surface area contributed by atoms with E-state index in [4.69, 9.17) is 36.1 Å². The lowest BCUT2D eigenvalue weighted by Crippen LogP contribution is -2.44. The van der Waals surface area contributed by atoms with Crippen LogP contribution in [0, 0.1) is 5.41 Å². The van der Waals surface area contributed by atoms with Crippen LogP contribution < -0.4 is 11.3 Å². The van der Waals surface area contributed by atoms with E-state index >= 15 is 0 Å². The van der Waals surface area contributed by atoms with E-state index in [2.05, 4.69) is 48.4 Å². The molecule has 11 nitrogen and oxygen atoms in total. The molecule has 2 aromatic rings. The highest BCUT2D eigenvalue weighted by Crippen LogP contribution is 2.58. The van der Waals surface area contributed by atoms with Gasteiger partial charge in [0.2, 0.25) is 5.95 Å². The van der Waals surface area contributed by atoms with Gasteiger partial charge in [-0.3, -0.25) is 23.4 Å². The van der Waals surface area contributed by atoms with Crippen LogP contribution in [-0.4, -0.2) is 53.8 Å². The molecule has 0 amide bonds. The molecule has 5 atom stereocenters. The molecule has 2 aromatic heterocycles. The van der Waals surface area contributed by atoms with Gasteiger partial charge in [0, 0.05) is 0 Å². The van der Waals surface area contributed by atoms with E-state index < -0.39 is 41.2 Å². The van der Waals surface area contributed by atoms with Gasteiger partial charge in [-0.25, -0.2) is 4.98 Å². The monoisotopic (exact) mass is 505 g/mol. The van der Waals surface area contributed by atoms with E-state index in [0.29, 0.717) is 6.42 Å². The topological polar surface area (TPSA) is 147 Å². The maximum absolute atomic E-state index is 12.2. The summed E-state index contributed by atoms with van der Waals surface area (Å²) >= 11 is 9.56. The Morgan fingerprint density at radius 3 is 2.78 bits per heavy atom. The predicted octanol–water partition coefficient (Wildman–Crippen LogP) is 2.09. The first-order valence-corrected chi connectivity index (χ1v) is 13.1. The van der Waals surface area contributed by atoms with Crippen molar-refractivity contribution in [3.05, 3.63) is 16.7 Å². The summed E-state index contributed by atoms with van der Waals surface area (Å²) in [7, 11) is 0. The Kier molecular flexibility index (Phi) is 5.83. The van der Waals surface area contributed by atoms with Crippen LogP contribution in [0.15, 0.2) is 11.1 Å². The summed E-state index contributed by atoms with van der Waals surface area (Å²) in [6.45, 7) is 6.08. The molecule has 2 aliphatic heterocycles. The normalized spacial score (nSPS) is 30.2. The van der Waals surface area contributed by atoms with Gasteiger partial charge in [0.25, 0.3) is 5.56 Å². The molecule has 2 saturated heterocycles. The molecule has 4 rings (SSSR count). The van der Waals surface area contributed by atoms with Crippen molar-refractivity contribution in [1.82, 2.24) is 19.5 Å². The lowest BCUT2D eigenvalue weighted by Gasteiger charge is -2.37. The van der Waals surface area contributed by atoms with Gasteiger partial charge in [-0.15, -0.1) is 12.6 Å². The Bertz CT molecular complexity index is 1140. The third kappa shape index (κ3) is 4.62. The average Bonchev–Trinajstić information content (AvgIpc) is 3.20. The summed E-state index contributed by atoms with van der Waals surface area (Å²) in [6.07, 6.45) is -0.104. The molecule has 0 spiro atoms. The molecule has 2 bridgehead atoms. The van der Waals surface area contributed by atoms with Gasteiger partial charge in [0.05, 0.1) is 12.9 Å². The summed E-state index contributed by atoms with van der Waals surface area (Å²) in [6, 6.07) is 0. The highest BCUT2D eigenvalue weighted by atomic mass is 32.5. The van der Waals surface area contributed by atoms with Crippen LogP contribution in [0.25, 0.3) is 11.2 Å². The Balaban J connectivity index is 1.74. The van der Waals surface area contributed by atoms with Crippen molar-refractivity contribution in [1.29, 1.82) is 0 Å². The molecule has 0 saturated carbocycles. The summed E-state index contributed by atoms with van der Waals surface area (Å²) < 4.78 is 25.7. The standard InChI is InChI=1S/C18H28N5O6PS2/c1-16(2,3)6-18-7-26-10(11(18)28-30(25,32)29-17(4,5)31)14(27-18)23-8-20-9-12(23)21-15(19)22-13(9)24/h8,10-11,14,31H,6-7H2,1-5H3,(H,25,32)(H3,19,21,22,24)/t10?,11?,14-,18+,30?/m1/s1. The van der Waals surface area contributed by atoms with Gasteiger partial charge in [0.15, 0.2) is 17.4 Å². The largest absolute Gasteiger partial charge is 0.369 e. The molecule has 0 aromatic carbocycles. The number of nitrogen functional groups attached to an aromatic ring is 1. The number of hydrogen-bond donors (Lipinski definition) is 4. The fourth-order valence-corrected chi connectivity index (χ4v) is 6.93. The highest BCUT2D eigenvalue weighted by Gasteiger charge is 2.65. The third-order valence-electron chi connectivity index (χ3n) is 5.11. The Morgan fingerprint density at radius 2 is 2.16 bits per heavy atom.